The predicted octanol–water partition coefficient (Wildman–Crippen LogP) is 4.02. The van der Waals surface area contributed by atoms with Gasteiger partial charge < -0.3 is 5.21 Å². The number of hydrogen-bond acceptors (Lipinski definition) is 3. The lowest BCUT2D eigenvalue weighted by molar-refractivity contribution is 0.133. The summed E-state index contributed by atoms with van der Waals surface area (Å²) >= 11 is 12.2. The largest absolute Gasteiger partial charge is 0.411 e. The third-order valence-electron chi connectivity index (χ3n) is 4.94. The van der Waals surface area contributed by atoms with Gasteiger partial charge >= 0.3 is 0 Å². The summed E-state index contributed by atoms with van der Waals surface area (Å²) in [5.41, 5.74) is 1.19. The number of nitrogens with zero attached hydrogens (tertiary/aromatic N) is 2. The van der Waals surface area contributed by atoms with Gasteiger partial charge in [-0.25, -0.2) is 0 Å². The van der Waals surface area contributed by atoms with Gasteiger partial charge in [-0.2, -0.15) is 0 Å². The molecule has 4 atom stereocenters. The summed E-state index contributed by atoms with van der Waals surface area (Å²) in [7, 11) is 2.17. The normalized spacial score (nSPS) is 34.0. The second-order valence-electron chi connectivity index (χ2n) is 5.82. The van der Waals surface area contributed by atoms with E-state index in [1.807, 2.05) is 18.2 Å². The van der Waals surface area contributed by atoms with Gasteiger partial charge in [0.25, 0.3) is 0 Å². The molecule has 0 amide bonds. The molecule has 0 aromatic heterocycles. The predicted molar refractivity (Wildman–Crippen MR) is 82.2 cm³/mol. The first-order valence-electron chi connectivity index (χ1n) is 6.96. The summed E-state index contributed by atoms with van der Waals surface area (Å²) in [5.74, 6) is 0.565. The number of halogens is 2. The summed E-state index contributed by atoms with van der Waals surface area (Å²) in [6, 6.07) is 6.92. The molecule has 0 saturated carbocycles. The van der Waals surface area contributed by atoms with E-state index in [1.54, 1.807) is 6.21 Å². The standard InChI is InChI=1S/C15H18Cl2N2O/c1-19-10-3-5-15(19)12(8-18-20)11(7-10)9-2-4-13(16)14(17)6-9/h2,4,6,8,10-12,15,20H,3,5,7H2,1H3/t10?,11-,12+,15-/m1/s1. The van der Waals surface area contributed by atoms with Crippen molar-refractivity contribution >= 4 is 29.4 Å². The lowest BCUT2D eigenvalue weighted by Gasteiger charge is -2.41. The molecule has 1 unspecified atom stereocenters. The molecular formula is C15H18Cl2N2O. The third-order valence-corrected chi connectivity index (χ3v) is 5.68. The van der Waals surface area contributed by atoms with E-state index in [0.717, 1.165) is 12.8 Å². The van der Waals surface area contributed by atoms with Gasteiger partial charge in [0.15, 0.2) is 0 Å². The molecule has 0 aliphatic carbocycles. The number of benzene rings is 1. The topological polar surface area (TPSA) is 35.8 Å². The minimum absolute atomic E-state index is 0.223. The Labute approximate surface area is 129 Å². The molecule has 2 bridgehead atoms. The zero-order valence-electron chi connectivity index (χ0n) is 11.3. The van der Waals surface area contributed by atoms with Gasteiger partial charge in [-0.1, -0.05) is 29.3 Å². The summed E-state index contributed by atoms with van der Waals surface area (Å²) in [5, 5.41) is 13.5. The molecule has 108 valence electrons. The Bertz CT molecular complexity index is 535. The second kappa shape index (κ2) is 5.55. The second-order valence-corrected chi connectivity index (χ2v) is 6.64. The number of rotatable bonds is 2. The van der Waals surface area contributed by atoms with Crippen LogP contribution in [0.25, 0.3) is 0 Å². The maximum absolute atomic E-state index is 9.00. The minimum atomic E-state index is 0.223. The highest BCUT2D eigenvalue weighted by atomic mass is 35.5. The van der Waals surface area contributed by atoms with Gasteiger partial charge in [0.1, 0.15) is 0 Å². The Morgan fingerprint density at radius 3 is 2.80 bits per heavy atom. The van der Waals surface area contributed by atoms with E-state index >= 15 is 0 Å². The van der Waals surface area contributed by atoms with E-state index in [0.29, 0.717) is 28.0 Å². The van der Waals surface area contributed by atoms with E-state index in [-0.39, 0.29) is 5.92 Å². The maximum atomic E-state index is 9.00. The summed E-state index contributed by atoms with van der Waals surface area (Å²) in [6.45, 7) is 0. The Hall–Kier alpha value is -0.770. The van der Waals surface area contributed by atoms with Crippen molar-refractivity contribution in [2.45, 2.75) is 37.3 Å². The van der Waals surface area contributed by atoms with Crippen LogP contribution in [0, 0.1) is 5.92 Å². The molecule has 1 aromatic rings. The monoisotopic (exact) mass is 312 g/mol. The fraction of sp³-hybridized carbons (Fsp3) is 0.533. The lowest BCUT2D eigenvalue weighted by Crippen LogP contribution is -2.46. The molecule has 2 aliphatic rings. The fourth-order valence-corrected chi connectivity index (χ4v) is 4.20. The van der Waals surface area contributed by atoms with Gasteiger partial charge in [0.05, 0.1) is 10.0 Å². The number of hydrogen-bond donors (Lipinski definition) is 1. The van der Waals surface area contributed by atoms with Crippen molar-refractivity contribution in [1.29, 1.82) is 0 Å². The number of piperidine rings is 1. The highest BCUT2D eigenvalue weighted by Crippen LogP contribution is 2.46. The quantitative estimate of drug-likeness (QED) is 0.508. The third kappa shape index (κ3) is 2.32. The molecule has 2 heterocycles. The highest BCUT2D eigenvalue weighted by Gasteiger charge is 2.45. The van der Waals surface area contributed by atoms with Crippen molar-refractivity contribution in [3.63, 3.8) is 0 Å². The van der Waals surface area contributed by atoms with Crippen LogP contribution in [-0.4, -0.2) is 35.5 Å². The molecular weight excluding hydrogens is 295 g/mol. The average molecular weight is 313 g/mol. The van der Waals surface area contributed by atoms with Crippen molar-refractivity contribution in [3.05, 3.63) is 33.8 Å². The Balaban J connectivity index is 1.96. The summed E-state index contributed by atoms with van der Waals surface area (Å²) in [6.07, 6.45) is 5.14. The molecule has 5 heteroatoms. The summed E-state index contributed by atoms with van der Waals surface area (Å²) < 4.78 is 0. The van der Waals surface area contributed by atoms with Crippen molar-refractivity contribution in [2.75, 3.05) is 7.05 Å². The van der Waals surface area contributed by atoms with Crippen LogP contribution in [0.2, 0.25) is 10.0 Å². The maximum Gasteiger partial charge on any atom is 0.0595 e. The minimum Gasteiger partial charge on any atom is -0.411 e. The van der Waals surface area contributed by atoms with Crippen molar-refractivity contribution in [1.82, 2.24) is 4.90 Å². The molecule has 3 rings (SSSR count). The van der Waals surface area contributed by atoms with Gasteiger partial charge in [0, 0.05) is 24.2 Å². The molecule has 20 heavy (non-hydrogen) atoms. The smallest absolute Gasteiger partial charge is 0.0595 e. The number of fused-ring (bicyclic) bond motifs is 2. The Kier molecular flexibility index (Phi) is 3.93. The highest BCUT2D eigenvalue weighted by molar-refractivity contribution is 6.42. The Morgan fingerprint density at radius 1 is 1.30 bits per heavy atom. The van der Waals surface area contributed by atoms with Crippen molar-refractivity contribution in [2.24, 2.45) is 11.1 Å². The van der Waals surface area contributed by atoms with Crippen molar-refractivity contribution < 1.29 is 5.21 Å². The van der Waals surface area contributed by atoms with Gasteiger partial charge in [-0.05, 0) is 49.9 Å². The fourth-order valence-electron chi connectivity index (χ4n) is 3.89. The first kappa shape index (κ1) is 14.2. The Morgan fingerprint density at radius 2 is 2.10 bits per heavy atom. The molecule has 2 fully saturated rings. The van der Waals surface area contributed by atoms with Gasteiger partial charge in [0.2, 0.25) is 0 Å². The molecule has 3 nitrogen and oxygen atoms in total. The first-order valence-corrected chi connectivity index (χ1v) is 7.72. The zero-order chi connectivity index (χ0) is 14.3. The van der Waals surface area contributed by atoms with Gasteiger partial charge in [-0.15, -0.1) is 5.16 Å². The van der Waals surface area contributed by atoms with Crippen LogP contribution in [0.1, 0.15) is 30.7 Å². The van der Waals surface area contributed by atoms with Crippen LogP contribution in [-0.2, 0) is 0 Å². The van der Waals surface area contributed by atoms with Crippen LogP contribution in [0.3, 0.4) is 0 Å². The van der Waals surface area contributed by atoms with Crippen LogP contribution in [0.15, 0.2) is 23.4 Å². The first-order chi connectivity index (χ1) is 9.61. The van der Waals surface area contributed by atoms with E-state index in [4.69, 9.17) is 28.4 Å². The molecule has 0 spiro atoms. The van der Waals surface area contributed by atoms with E-state index < -0.39 is 0 Å². The van der Waals surface area contributed by atoms with Crippen molar-refractivity contribution in [3.8, 4) is 0 Å². The zero-order valence-corrected chi connectivity index (χ0v) is 12.8. The average Bonchev–Trinajstić information content (AvgIpc) is 2.67. The van der Waals surface area contributed by atoms with Crippen LogP contribution < -0.4 is 0 Å². The van der Waals surface area contributed by atoms with E-state index in [1.165, 1.54) is 12.0 Å². The molecule has 1 N–H and O–H groups in total. The summed E-state index contributed by atoms with van der Waals surface area (Å²) in [4.78, 5) is 2.43. The molecule has 0 radical (unpaired) electrons. The van der Waals surface area contributed by atoms with E-state index in [9.17, 15) is 0 Å². The SMILES string of the molecule is CN1C2CC[C@@H]1[C@@H](C=NO)[C@@H](c1ccc(Cl)c(Cl)c1)C2. The van der Waals surface area contributed by atoms with Crippen LogP contribution in [0.5, 0.6) is 0 Å². The molecule has 2 aliphatic heterocycles. The molecule has 1 aromatic carbocycles. The number of oxime groups is 1. The van der Waals surface area contributed by atoms with E-state index in [2.05, 4.69) is 17.1 Å². The lowest BCUT2D eigenvalue weighted by atomic mass is 9.77. The van der Waals surface area contributed by atoms with Crippen LogP contribution >= 0.6 is 23.2 Å². The molecule has 2 saturated heterocycles. The van der Waals surface area contributed by atoms with Gasteiger partial charge in [-0.3, -0.25) is 4.90 Å². The van der Waals surface area contributed by atoms with Crippen LogP contribution in [0.4, 0.5) is 0 Å².